The van der Waals surface area contributed by atoms with Crippen molar-refractivity contribution in [1.82, 2.24) is 0 Å². The average Bonchev–Trinajstić information content (AvgIpc) is 2.39. The van der Waals surface area contributed by atoms with Crippen molar-refractivity contribution in [3.8, 4) is 11.5 Å². The van der Waals surface area contributed by atoms with Crippen LogP contribution in [0.15, 0.2) is 18.2 Å². The number of aliphatic hydroxyl groups is 1. The minimum absolute atomic E-state index is 0.274. The van der Waals surface area contributed by atoms with Gasteiger partial charge in [0.2, 0.25) is 0 Å². The van der Waals surface area contributed by atoms with Gasteiger partial charge in [0.25, 0.3) is 0 Å². The number of rotatable bonds is 6. The van der Waals surface area contributed by atoms with Crippen LogP contribution in [0.4, 0.5) is 0 Å². The van der Waals surface area contributed by atoms with E-state index in [0.29, 0.717) is 17.1 Å². The van der Waals surface area contributed by atoms with Crippen molar-refractivity contribution in [3.05, 3.63) is 23.8 Å². The Balaban J connectivity index is 3.07. The molecule has 1 atom stereocenters. The number of hydrogen-bond donors (Lipinski definition) is 1. The SMILES string of the molecule is CCOC(=O)C(CO)c1cc(OC)cc(OC)c1. The summed E-state index contributed by atoms with van der Waals surface area (Å²) in [5, 5.41) is 9.32. The van der Waals surface area contributed by atoms with Gasteiger partial charge >= 0.3 is 5.97 Å². The lowest BCUT2D eigenvalue weighted by Gasteiger charge is -2.15. The second-order valence-corrected chi connectivity index (χ2v) is 3.63. The van der Waals surface area contributed by atoms with Crippen LogP contribution < -0.4 is 9.47 Å². The fourth-order valence-electron chi connectivity index (χ4n) is 1.59. The summed E-state index contributed by atoms with van der Waals surface area (Å²) in [6.45, 7) is 1.67. The maximum Gasteiger partial charge on any atom is 0.315 e. The van der Waals surface area contributed by atoms with Gasteiger partial charge in [-0.05, 0) is 24.6 Å². The van der Waals surface area contributed by atoms with E-state index in [9.17, 15) is 9.90 Å². The van der Waals surface area contributed by atoms with Crippen molar-refractivity contribution >= 4 is 5.97 Å². The van der Waals surface area contributed by atoms with Gasteiger partial charge in [0.1, 0.15) is 17.4 Å². The molecule has 0 spiro atoms. The average molecular weight is 254 g/mol. The third-order valence-corrected chi connectivity index (χ3v) is 2.53. The summed E-state index contributed by atoms with van der Waals surface area (Å²) in [6, 6.07) is 5.06. The van der Waals surface area contributed by atoms with Crippen LogP contribution in [0.2, 0.25) is 0 Å². The number of esters is 1. The number of carbonyl (C=O) groups is 1. The monoisotopic (exact) mass is 254 g/mol. The van der Waals surface area contributed by atoms with Gasteiger partial charge in [-0.25, -0.2) is 0 Å². The van der Waals surface area contributed by atoms with E-state index >= 15 is 0 Å². The smallest absolute Gasteiger partial charge is 0.315 e. The first-order valence-corrected chi connectivity index (χ1v) is 5.66. The molecule has 0 amide bonds. The first kappa shape index (κ1) is 14.3. The highest BCUT2D eigenvalue weighted by molar-refractivity contribution is 5.78. The first-order valence-electron chi connectivity index (χ1n) is 5.66. The van der Waals surface area contributed by atoms with Crippen molar-refractivity contribution in [1.29, 1.82) is 0 Å². The van der Waals surface area contributed by atoms with Gasteiger partial charge < -0.3 is 19.3 Å². The Kier molecular flexibility index (Phi) is 5.45. The predicted octanol–water partition coefficient (Wildman–Crippen LogP) is 1.34. The largest absolute Gasteiger partial charge is 0.497 e. The number of methoxy groups -OCH3 is 2. The Morgan fingerprint density at radius 1 is 1.22 bits per heavy atom. The Morgan fingerprint density at radius 2 is 1.78 bits per heavy atom. The van der Waals surface area contributed by atoms with Crippen LogP contribution in [0.5, 0.6) is 11.5 Å². The van der Waals surface area contributed by atoms with E-state index in [2.05, 4.69) is 0 Å². The molecular weight excluding hydrogens is 236 g/mol. The van der Waals surface area contributed by atoms with Gasteiger partial charge in [-0.1, -0.05) is 0 Å². The highest BCUT2D eigenvalue weighted by Crippen LogP contribution is 2.28. The van der Waals surface area contributed by atoms with Crippen LogP contribution in [-0.2, 0) is 9.53 Å². The maximum absolute atomic E-state index is 11.7. The molecule has 0 heterocycles. The van der Waals surface area contributed by atoms with Crippen molar-refractivity contribution < 1.29 is 24.1 Å². The number of benzene rings is 1. The van der Waals surface area contributed by atoms with Gasteiger partial charge in [-0.3, -0.25) is 4.79 Å². The van der Waals surface area contributed by atoms with Gasteiger partial charge in [-0.2, -0.15) is 0 Å². The fraction of sp³-hybridized carbons (Fsp3) is 0.462. The van der Waals surface area contributed by atoms with E-state index in [1.54, 1.807) is 25.1 Å². The molecule has 5 nitrogen and oxygen atoms in total. The van der Waals surface area contributed by atoms with E-state index in [-0.39, 0.29) is 13.2 Å². The standard InChI is InChI=1S/C13H18O5/c1-4-18-13(15)12(8-14)9-5-10(16-2)7-11(6-9)17-3/h5-7,12,14H,4,8H2,1-3H3. The second kappa shape index (κ2) is 6.86. The number of aliphatic hydroxyl groups excluding tert-OH is 1. The summed E-state index contributed by atoms with van der Waals surface area (Å²) in [5.41, 5.74) is 0.604. The second-order valence-electron chi connectivity index (χ2n) is 3.63. The molecule has 0 bridgehead atoms. The lowest BCUT2D eigenvalue weighted by atomic mass is 9.99. The molecule has 0 radical (unpaired) electrons. The number of hydrogen-bond acceptors (Lipinski definition) is 5. The molecule has 18 heavy (non-hydrogen) atoms. The normalized spacial score (nSPS) is 11.8. The van der Waals surface area contributed by atoms with Crippen LogP contribution in [0.3, 0.4) is 0 Å². The number of ether oxygens (including phenoxy) is 3. The summed E-state index contributed by atoms with van der Waals surface area (Å²) in [4.78, 5) is 11.7. The molecule has 1 aromatic carbocycles. The molecule has 0 aliphatic rings. The third kappa shape index (κ3) is 3.37. The summed E-state index contributed by atoms with van der Waals surface area (Å²) in [7, 11) is 3.05. The summed E-state index contributed by atoms with van der Waals surface area (Å²) >= 11 is 0. The van der Waals surface area contributed by atoms with E-state index in [1.807, 2.05) is 0 Å². The Bertz CT molecular complexity index is 380. The molecule has 0 aromatic heterocycles. The number of carbonyl (C=O) groups excluding carboxylic acids is 1. The quantitative estimate of drug-likeness (QED) is 0.776. The van der Waals surface area contributed by atoms with Crippen LogP contribution in [0.1, 0.15) is 18.4 Å². The summed E-state index contributed by atoms with van der Waals surface area (Å²) in [6.07, 6.45) is 0. The lowest BCUT2D eigenvalue weighted by Crippen LogP contribution is -2.19. The third-order valence-electron chi connectivity index (χ3n) is 2.53. The molecule has 5 heteroatoms. The molecule has 0 fully saturated rings. The van der Waals surface area contributed by atoms with Crippen molar-refractivity contribution in [3.63, 3.8) is 0 Å². The zero-order chi connectivity index (χ0) is 13.5. The van der Waals surface area contributed by atoms with Crippen molar-refractivity contribution in [2.45, 2.75) is 12.8 Å². The fourth-order valence-corrected chi connectivity index (χ4v) is 1.59. The lowest BCUT2D eigenvalue weighted by molar-refractivity contribution is -0.145. The zero-order valence-corrected chi connectivity index (χ0v) is 10.8. The van der Waals surface area contributed by atoms with E-state index in [1.165, 1.54) is 14.2 Å². The van der Waals surface area contributed by atoms with Gasteiger partial charge in [-0.15, -0.1) is 0 Å². The summed E-state index contributed by atoms with van der Waals surface area (Å²) < 4.78 is 15.2. The van der Waals surface area contributed by atoms with Crippen LogP contribution in [0.25, 0.3) is 0 Å². The molecule has 1 rings (SSSR count). The van der Waals surface area contributed by atoms with E-state index in [4.69, 9.17) is 14.2 Å². The predicted molar refractivity (Wildman–Crippen MR) is 66.0 cm³/mol. The topological polar surface area (TPSA) is 65.0 Å². The molecule has 0 saturated carbocycles. The molecule has 1 unspecified atom stereocenters. The van der Waals surface area contributed by atoms with Crippen LogP contribution in [-0.4, -0.2) is 38.5 Å². The van der Waals surface area contributed by atoms with Crippen LogP contribution >= 0.6 is 0 Å². The molecular formula is C13H18O5. The minimum Gasteiger partial charge on any atom is -0.497 e. The molecule has 1 N–H and O–H groups in total. The Labute approximate surface area is 106 Å². The molecule has 0 saturated heterocycles. The molecule has 1 aromatic rings. The van der Waals surface area contributed by atoms with Crippen molar-refractivity contribution in [2.75, 3.05) is 27.4 Å². The van der Waals surface area contributed by atoms with E-state index in [0.717, 1.165) is 0 Å². The zero-order valence-electron chi connectivity index (χ0n) is 10.8. The van der Waals surface area contributed by atoms with Gasteiger partial charge in [0, 0.05) is 6.07 Å². The Hall–Kier alpha value is -1.75. The molecule has 0 aliphatic carbocycles. The van der Waals surface area contributed by atoms with Gasteiger partial charge in [0.05, 0.1) is 27.4 Å². The van der Waals surface area contributed by atoms with Gasteiger partial charge in [0.15, 0.2) is 0 Å². The Morgan fingerprint density at radius 3 is 2.17 bits per heavy atom. The first-order chi connectivity index (χ1) is 8.65. The maximum atomic E-state index is 11.7. The summed E-state index contributed by atoms with van der Waals surface area (Å²) in [5.74, 6) is -0.0662. The molecule has 0 aliphatic heterocycles. The van der Waals surface area contributed by atoms with E-state index < -0.39 is 11.9 Å². The minimum atomic E-state index is -0.728. The van der Waals surface area contributed by atoms with Crippen molar-refractivity contribution in [2.24, 2.45) is 0 Å². The highest BCUT2D eigenvalue weighted by Gasteiger charge is 2.22. The molecule has 100 valence electrons. The van der Waals surface area contributed by atoms with Crippen LogP contribution in [0, 0.1) is 0 Å². The highest BCUT2D eigenvalue weighted by atomic mass is 16.5.